The van der Waals surface area contributed by atoms with E-state index in [4.69, 9.17) is 5.73 Å². The van der Waals surface area contributed by atoms with E-state index in [0.717, 1.165) is 10.4 Å². The number of sulfonamides is 1. The number of rotatable bonds is 3. The van der Waals surface area contributed by atoms with Gasteiger partial charge in [-0.05, 0) is 50.6 Å². The molecule has 1 heterocycles. The SMILES string of the molecule is CC(C)(C)NS(=O)(=O)c1ccc(-c2cccc(N)c2)s1. The molecule has 3 N–H and O–H groups in total. The van der Waals surface area contributed by atoms with E-state index in [-0.39, 0.29) is 0 Å². The van der Waals surface area contributed by atoms with Crippen LogP contribution >= 0.6 is 11.3 Å². The van der Waals surface area contributed by atoms with Gasteiger partial charge in [0.05, 0.1) is 0 Å². The molecule has 2 rings (SSSR count). The Morgan fingerprint density at radius 3 is 2.45 bits per heavy atom. The van der Waals surface area contributed by atoms with Crippen molar-refractivity contribution < 1.29 is 8.42 Å². The van der Waals surface area contributed by atoms with Gasteiger partial charge in [-0.3, -0.25) is 0 Å². The molecule has 108 valence electrons. The van der Waals surface area contributed by atoms with E-state index in [1.807, 2.05) is 39.0 Å². The first-order chi connectivity index (χ1) is 9.17. The predicted molar refractivity (Wildman–Crippen MR) is 84.2 cm³/mol. The standard InChI is InChI=1S/C14H18N2O2S2/c1-14(2,3)16-20(17,18)13-8-7-12(19-13)10-5-4-6-11(15)9-10/h4-9,16H,15H2,1-3H3. The molecule has 1 aromatic carbocycles. The van der Waals surface area contributed by atoms with Crippen LogP contribution in [-0.2, 0) is 10.0 Å². The first-order valence-electron chi connectivity index (χ1n) is 6.17. The molecule has 6 heteroatoms. The summed E-state index contributed by atoms with van der Waals surface area (Å²) in [5, 5.41) is 0. The number of benzene rings is 1. The summed E-state index contributed by atoms with van der Waals surface area (Å²) in [4.78, 5) is 0.881. The van der Waals surface area contributed by atoms with Gasteiger partial charge in [0, 0.05) is 16.1 Å². The first-order valence-corrected chi connectivity index (χ1v) is 8.47. The second-order valence-corrected chi connectivity index (χ2v) is 8.59. The average molecular weight is 310 g/mol. The lowest BCUT2D eigenvalue weighted by Crippen LogP contribution is -2.40. The summed E-state index contributed by atoms with van der Waals surface area (Å²) in [6, 6.07) is 10.8. The van der Waals surface area contributed by atoms with Gasteiger partial charge in [0.15, 0.2) is 0 Å². The third kappa shape index (κ3) is 3.59. The van der Waals surface area contributed by atoms with Crippen LogP contribution in [-0.4, -0.2) is 14.0 Å². The predicted octanol–water partition coefficient (Wildman–Crippen LogP) is 3.07. The summed E-state index contributed by atoms with van der Waals surface area (Å²) in [5.41, 5.74) is 6.83. The Bertz CT molecular complexity index is 713. The zero-order valence-corrected chi connectivity index (χ0v) is 13.3. The largest absolute Gasteiger partial charge is 0.399 e. The van der Waals surface area contributed by atoms with E-state index in [2.05, 4.69) is 4.72 Å². The number of hydrogen-bond donors (Lipinski definition) is 2. The summed E-state index contributed by atoms with van der Waals surface area (Å²) in [7, 11) is -3.48. The molecule has 0 fully saturated rings. The first kappa shape index (κ1) is 15.0. The maximum absolute atomic E-state index is 12.2. The Morgan fingerprint density at radius 1 is 1.15 bits per heavy atom. The van der Waals surface area contributed by atoms with Gasteiger partial charge in [0.1, 0.15) is 4.21 Å². The number of nitrogens with one attached hydrogen (secondary N) is 1. The topological polar surface area (TPSA) is 72.2 Å². The van der Waals surface area contributed by atoms with Gasteiger partial charge in [-0.2, -0.15) is 0 Å². The average Bonchev–Trinajstić information content (AvgIpc) is 2.75. The van der Waals surface area contributed by atoms with Crippen molar-refractivity contribution in [3.63, 3.8) is 0 Å². The van der Waals surface area contributed by atoms with Crippen molar-refractivity contribution >= 4 is 27.0 Å². The van der Waals surface area contributed by atoms with Crippen LogP contribution in [0.3, 0.4) is 0 Å². The molecule has 1 aromatic heterocycles. The van der Waals surface area contributed by atoms with Gasteiger partial charge >= 0.3 is 0 Å². The van der Waals surface area contributed by atoms with Gasteiger partial charge in [0.2, 0.25) is 0 Å². The Labute approximate surface area is 123 Å². The number of nitrogen functional groups attached to an aromatic ring is 1. The van der Waals surface area contributed by atoms with Crippen LogP contribution in [0.1, 0.15) is 20.8 Å². The zero-order valence-electron chi connectivity index (χ0n) is 11.7. The van der Waals surface area contributed by atoms with Crippen LogP contribution in [0.4, 0.5) is 5.69 Å². The van der Waals surface area contributed by atoms with Crippen LogP contribution in [0.2, 0.25) is 0 Å². The molecule has 0 spiro atoms. The minimum atomic E-state index is -3.48. The Hall–Kier alpha value is -1.37. The molecule has 0 aliphatic heterocycles. The maximum atomic E-state index is 12.2. The molecule has 0 radical (unpaired) electrons. The molecule has 0 saturated heterocycles. The monoisotopic (exact) mass is 310 g/mol. The summed E-state index contributed by atoms with van der Waals surface area (Å²) in [6.45, 7) is 5.45. The van der Waals surface area contributed by atoms with Crippen molar-refractivity contribution in [2.45, 2.75) is 30.5 Å². The molecule has 0 aliphatic carbocycles. The van der Waals surface area contributed by atoms with E-state index in [9.17, 15) is 8.42 Å². The van der Waals surface area contributed by atoms with Gasteiger partial charge < -0.3 is 5.73 Å². The highest BCUT2D eigenvalue weighted by molar-refractivity contribution is 7.91. The highest BCUT2D eigenvalue weighted by Crippen LogP contribution is 2.31. The Morgan fingerprint density at radius 2 is 1.85 bits per heavy atom. The molecular weight excluding hydrogens is 292 g/mol. The summed E-state index contributed by atoms with van der Waals surface area (Å²) >= 11 is 1.24. The minimum Gasteiger partial charge on any atom is -0.399 e. The van der Waals surface area contributed by atoms with E-state index in [0.29, 0.717) is 9.90 Å². The second kappa shape index (κ2) is 5.20. The fraction of sp³-hybridized carbons (Fsp3) is 0.286. The molecule has 0 aliphatic rings. The van der Waals surface area contributed by atoms with Gasteiger partial charge in [-0.25, -0.2) is 13.1 Å². The number of hydrogen-bond acceptors (Lipinski definition) is 4. The molecular formula is C14H18N2O2S2. The highest BCUT2D eigenvalue weighted by atomic mass is 32.2. The zero-order chi connectivity index (χ0) is 15.0. The third-order valence-corrected chi connectivity index (χ3v) is 5.84. The Kier molecular flexibility index (Phi) is 3.90. The van der Waals surface area contributed by atoms with Crippen molar-refractivity contribution in [3.8, 4) is 10.4 Å². The lowest BCUT2D eigenvalue weighted by Gasteiger charge is -2.19. The van der Waals surface area contributed by atoms with Crippen LogP contribution in [0, 0.1) is 0 Å². The van der Waals surface area contributed by atoms with Crippen molar-refractivity contribution in [2.24, 2.45) is 0 Å². The van der Waals surface area contributed by atoms with Crippen LogP contribution in [0.15, 0.2) is 40.6 Å². The minimum absolute atomic E-state index is 0.310. The lowest BCUT2D eigenvalue weighted by molar-refractivity contribution is 0.492. The van der Waals surface area contributed by atoms with Gasteiger partial charge in [0.25, 0.3) is 10.0 Å². The Balaban J connectivity index is 2.34. The molecule has 0 bridgehead atoms. The van der Waals surface area contributed by atoms with E-state index < -0.39 is 15.6 Å². The van der Waals surface area contributed by atoms with Crippen molar-refractivity contribution in [1.82, 2.24) is 4.72 Å². The molecule has 20 heavy (non-hydrogen) atoms. The number of thiophene rings is 1. The van der Waals surface area contributed by atoms with Crippen LogP contribution < -0.4 is 10.5 Å². The fourth-order valence-electron chi connectivity index (χ4n) is 1.77. The van der Waals surface area contributed by atoms with Gasteiger partial charge in [-0.15, -0.1) is 11.3 Å². The van der Waals surface area contributed by atoms with Crippen molar-refractivity contribution in [2.75, 3.05) is 5.73 Å². The quantitative estimate of drug-likeness (QED) is 0.856. The van der Waals surface area contributed by atoms with Crippen molar-refractivity contribution in [3.05, 3.63) is 36.4 Å². The lowest BCUT2D eigenvalue weighted by atomic mass is 10.1. The number of anilines is 1. The molecule has 0 atom stereocenters. The normalized spacial score (nSPS) is 12.6. The molecule has 2 aromatic rings. The summed E-state index contributed by atoms with van der Waals surface area (Å²) < 4.78 is 27.4. The third-order valence-electron chi connectivity index (χ3n) is 2.46. The van der Waals surface area contributed by atoms with Crippen molar-refractivity contribution in [1.29, 1.82) is 0 Å². The number of nitrogens with two attached hydrogens (primary N) is 1. The van der Waals surface area contributed by atoms with Crippen LogP contribution in [0.25, 0.3) is 10.4 Å². The van der Waals surface area contributed by atoms with E-state index in [1.165, 1.54) is 11.3 Å². The maximum Gasteiger partial charge on any atom is 0.250 e. The molecule has 0 unspecified atom stereocenters. The summed E-state index contributed by atoms with van der Waals surface area (Å²) in [6.07, 6.45) is 0. The second-order valence-electron chi connectivity index (χ2n) is 5.60. The van der Waals surface area contributed by atoms with Crippen LogP contribution in [0.5, 0.6) is 0 Å². The molecule has 0 saturated carbocycles. The van der Waals surface area contributed by atoms with E-state index >= 15 is 0 Å². The smallest absolute Gasteiger partial charge is 0.250 e. The van der Waals surface area contributed by atoms with Gasteiger partial charge in [-0.1, -0.05) is 12.1 Å². The highest BCUT2D eigenvalue weighted by Gasteiger charge is 2.23. The van der Waals surface area contributed by atoms with E-state index in [1.54, 1.807) is 18.2 Å². The fourth-order valence-corrected chi connectivity index (χ4v) is 4.49. The molecule has 0 amide bonds. The summed E-state index contributed by atoms with van der Waals surface area (Å²) in [5.74, 6) is 0. The molecule has 4 nitrogen and oxygen atoms in total.